The van der Waals surface area contributed by atoms with Gasteiger partial charge in [-0.3, -0.25) is 0 Å². The highest BCUT2D eigenvalue weighted by Crippen LogP contribution is 2.22. The lowest BCUT2D eigenvalue weighted by atomic mass is 9.96. The van der Waals surface area contributed by atoms with E-state index in [0.717, 1.165) is 11.1 Å². The van der Waals surface area contributed by atoms with E-state index in [1.807, 2.05) is 38.1 Å². The fraction of sp³-hybridized carbons (Fsp3) is 0.214. The molecule has 0 aliphatic rings. The van der Waals surface area contributed by atoms with Crippen molar-refractivity contribution in [2.24, 2.45) is 5.73 Å². The summed E-state index contributed by atoms with van der Waals surface area (Å²) in [4.78, 5) is 11.2. The average Bonchev–Trinajstić information content (AvgIpc) is 2.35. The Labute approximate surface area is 101 Å². The van der Waals surface area contributed by atoms with Crippen molar-refractivity contribution in [2.75, 3.05) is 0 Å². The van der Waals surface area contributed by atoms with Gasteiger partial charge in [-0.25, -0.2) is 4.79 Å². The first-order valence-electron chi connectivity index (χ1n) is 5.49. The lowest BCUT2D eigenvalue weighted by molar-refractivity contribution is 0.0696. The summed E-state index contributed by atoms with van der Waals surface area (Å²) >= 11 is 0. The maximum atomic E-state index is 11.2. The summed E-state index contributed by atoms with van der Waals surface area (Å²) < 4.78 is 0. The lowest BCUT2D eigenvalue weighted by Crippen LogP contribution is -2.04. The van der Waals surface area contributed by atoms with Crippen LogP contribution in [0.25, 0.3) is 5.57 Å². The Bertz CT molecular complexity index is 473. The number of allylic oxidation sites excluding steroid dienone is 4. The number of nitrogens with two attached hydrogens (primary N) is 1. The molecule has 0 fully saturated rings. The van der Waals surface area contributed by atoms with Crippen molar-refractivity contribution < 1.29 is 9.90 Å². The number of carbonyl (C=O) groups is 1. The Hall–Kier alpha value is -1.87. The van der Waals surface area contributed by atoms with E-state index >= 15 is 0 Å². The van der Waals surface area contributed by atoms with Crippen molar-refractivity contribution in [3.05, 3.63) is 53.1 Å². The van der Waals surface area contributed by atoms with Crippen LogP contribution in [0.3, 0.4) is 0 Å². The molecule has 0 radical (unpaired) electrons. The summed E-state index contributed by atoms with van der Waals surface area (Å²) in [7, 11) is 0. The van der Waals surface area contributed by atoms with Gasteiger partial charge < -0.3 is 10.8 Å². The molecule has 1 aromatic carbocycles. The van der Waals surface area contributed by atoms with Crippen molar-refractivity contribution in [3.63, 3.8) is 0 Å². The molecule has 3 heteroatoms. The zero-order valence-corrected chi connectivity index (χ0v) is 10.1. The smallest absolute Gasteiger partial charge is 0.336 e. The minimum absolute atomic E-state index is 0.299. The first-order valence-corrected chi connectivity index (χ1v) is 5.49. The third kappa shape index (κ3) is 3.04. The molecule has 0 aromatic heterocycles. The van der Waals surface area contributed by atoms with Gasteiger partial charge in [0.25, 0.3) is 0 Å². The van der Waals surface area contributed by atoms with Crippen LogP contribution in [0.1, 0.15) is 35.3 Å². The molecule has 0 saturated carbocycles. The fourth-order valence-electron chi connectivity index (χ4n) is 1.66. The molecule has 17 heavy (non-hydrogen) atoms. The highest BCUT2D eigenvalue weighted by atomic mass is 16.4. The van der Waals surface area contributed by atoms with E-state index in [9.17, 15) is 4.79 Å². The van der Waals surface area contributed by atoms with Crippen LogP contribution in [0.15, 0.2) is 36.4 Å². The average molecular weight is 231 g/mol. The number of benzene rings is 1. The van der Waals surface area contributed by atoms with E-state index < -0.39 is 5.97 Å². The standard InChI is InChI=1S/C14H17NO2/c1-3-5-11(4-2)13-8-10(9-15)6-7-12(13)14(16)17/h3-8H,9,15H2,1-2H3,(H,16,17)/b5-3-,11-4+. The van der Waals surface area contributed by atoms with Crippen molar-refractivity contribution in [2.45, 2.75) is 20.4 Å². The maximum Gasteiger partial charge on any atom is 0.336 e. The van der Waals surface area contributed by atoms with E-state index in [2.05, 4.69) is 0 Å². The van der Waals surface area contributed by atoms with Gasteiger partial charge in [0, 0.05) is 6.54 Å². The Morgan fingerprint density at radius 3 is 2.53 bits per heavy atom. The molecule has 0 aliphatic carbocycles. The summed E-state index contributed by atoms with van der Waals surface area (Å²) in [5.41, 5.74) is 8.40. The van der Waals surface area contributed by atoms with Gasteiger partial charge in [-0.15, -0.1) is 0 Å². The van der Waals surface area contributed by atoms with Crippen LogP contribution in [-0.2, 0) is 6.54 Å². The summed E-state index contributed by atoms with van der Waals surface area (Å²) in [6.45, 7) is 4.19. The van der Waals surface area contributed by atoms with Crippen molar-refractivity contribution in [1.29, 1.82) is 0 Å². The van der Waals surface area contributed by atoms with Crippen LogP contribution in [0, 0.1) is 0 Å². The SMILES string of the molecule is C/C=C\C(=C/C)c1cc(CN)ccc1C(=O)O. The normalized spacial score (nSPS) is 12.1. The highest BCUT2D eigenvalue weighted by Gasteiger charge is 2.12. The largest absolute Gasteiger partial charge is 0.478 e. The van der Waals surface area contributed by atoms with Crippen LogP contribution >= 0.6 is 0 Å². The van der Waals surface area contributed by atoms with E-state index in [4.69, 9.17) is 10.8 Å². The minimum Gasteiger partial charge on any atom is -0.478 e. The lowest BCUT2D eigenvalue weighted by Gasteiger charge is -2.09. The van der Waals surface area contributed by atoms with Gasteiger partial charge in [0.05, 0.1) is 5.56 Å². The predicted octanol–water partition coefficient (Wildman–Crippen LogP) is 2.82. The number of carboxylic acids is 1. The van der Waals surface area contributed by atoms with Crippen molar-refractivity contribution >= 4 is 11.5 Å². The summed E-state index contributed by atoms with van der Waals surface area (Å²) in [6.07, 6.45) is 5.67. The molecule has 0 amide bonds. The second kappa shape index (κ2) is 6.01. The second-order valence-electron chi connectivity index (χ2n) is 3.63. The van der Waals surface area contributed by atoms with Crippen LogP contribution < -0.4 is 5.73 Å². The molecular weight excluding hydrogens is 214 g/mol. The van der Waals surface area contributed by atoms with Crippen LogP contribution in [-0.4, -0.2) is 11.1 Å². The Morgan fingerprint density at radius 1 is 1.35 bits per heavy atom. The summed E-state index contributed by atoms with van der Waals surface area (Å²) in [6, 6.07) is 5.18. The van der Waals surface area contributed by atoms with Gasteiger partial charge in [-0.2, -0.15) is 0 Å². The molecule has 1 rings (SSSR count). The van der Waals surface area contributed by atoms with E-state index in [1.54, 1.807) is 12.1 Å². The van der Waals surface area contributed by atoms with Crippen molar-refractivity contribution in [1.82, 2.24) is 0 Å². The molecular formula is C14H17NO2. The molecule has 90 valence electrons. The van der Waals surface area contributed by atoms with Gasteiger partial charge in [0.1, 0.15) is 0 Å². The number of hydrogen-bond donors (Lipinski definition) is 2. The van der Waals surface area contributed by atoms with Gasteiger partial charge in [0.2, 0.25) is 0 Å². The zero-order valence-electron chi connectivity index (χ0n) is 10.1. The summed E-state index contributed by atoms with van der Waals surface area (Å²) in [5, 5.41) is 9.16. The summed E-state index contributed by atoms with van der Waals surface area (Å²) in [5.74, 6) is -0.924. The van der Waals surface area contributed by atoms with Gasteiger partial charge >= 0.3 is 5.97 Å². The van der Waals surface area contributed by atoms with Crippen LogP contribution in [0.5, 0.6) is 0 Å². The van der Waals surface area contributed by atoms with Crippen molar-refractivity contribution in [3.8, 4) is 0 Å². The number of hydrogen-bond acceptors (Lipinski definition) is 2. The molecule has 0 aliphatic heterocycles. The molecule has 0 saturated heterocycles. The zero-order chi connectivity index (χ0) is 12.8. The number of rotatable bonds is 4. The molecule has 1 aromatic rings. The Morgan fingerprint density at radius 2 is 2.06 bits per heavy atom. The third-order valence-corrected chi connectivity index (χ3v) is 2.52. The van der Waals surface area contributed by atoms with Crippen LogP contribution in [0.4, 0.5) is 0 Å². The first-order chi connectivity index (χ1) is 8.13. The number of aromatic carboxylic acids is 1. The molecule has 0 atom stereocenters. The number of carboxylic acid groups (broad SMARTS) is 1. The molecule has 3 N–H and O–H groups in total. The molecule has 3 nitrogen and oxygen atoms in total. The Kier molecular flexibility index (Phi) is 4.67. The topological polar surface area (TPSA) is 63.3 Å². The van der Waals surface area contributed by atoms with E-state index in [1.165, 1.54) is 0 Å². The highest BCUT2D eigenvalue weighted by molar-refractivity contribution is 5.95. The van der Waals surface area contributed by atoms with E-state index in [0.29, 0.717) is 17.7 Å². The van der Waals surface area contributed by atoms with E-state index in [-0.39, 0.29) is 0 Å². The van der Waals surface area contributed by atoms with Gasteiger partial charge in [-0.1, -0.05) is 24.3 Å². The molecule has 0 unspecified atom stereocenters. The van der Waals surface area contributed by atoms with Gasteiger partial charge in [0.15, 0.2) is 0 Å². The first kappa shape index (κ1) is 13.2. The minimum atomic E-state index is -0.924. The van der Waals surface area contributed by atoms with Gasteiger partial charge in [-0.05, 0) is 42.7 Å². The molecule has 0 bridgehead atoms. The van der Waals surface area contributed by atoms with Crippen LogP contribution in [0.2, 0.25) is 0 Å². The monoisotopic (exact) mass is 231 g/mol. The Balaban J connectivity index is 3.40. The molecule has 0 heterocycles. The third-order valence-electron chi connectivity index (χ3n) is 2.52. The maximum absolute atomic E-state index is 11.2. The fourth-order valence-corrected chi connectivity index (χ4v) is 1.66. The predicted molar refractivity (Wildman–Crippen MR) is 69.8 cm³/mol. The second-order valence-corrected chi connectivity index (χ2v) is 3.63. The molecule has 0 spiro atoms. The quantitative estimate of drug-likeness (QED) is 0.783.